The van der Waals surface area contributed by atoms with Gasteiger partial charge in [0.25, 0.3) is 0 Å². The van der Waals surface area contributed by atoms with Gasteiger partial charge in [0.2, 0.25) is 0 Å². The Morgan fingerprint density at radius 3 is 2.32 bits per heavy atom. The number of urea groups is 1. The maximum atomic E-state index is 14.9. The topological polar surface area (TPSA) is 134 Å². The van der Waals surface area contributed by atoms with Gasteiger partial charge in [-0.15, -0.1) is 0 Å². The zero-order valence-electron chi connectivity index (χ0n) is 28.3. The van der Waals surface area contributed by atoms with Crippen LogP contribution in [0.25, 0.3) is 0 Å². The van der Waals surface area contributed by atoms with Crippen LogP contribution >= 0.6 is 0 Å². The number of hydrazine groups is 1. The molecular formula is C36H44F2N8O4. The number of carbonyl (C=O) groups is 1. The van der Waals surface area contributed by atoms with Crippen LogP contribution in [0.3, 0.4) is 0 Å². The molecule has 2 saturated heterocycles. The summed E-state index contributed by atoms with van der Waals surface area (Å²) < 4.78 is 42.6. The lowest BCUT2D eigenvalue weighted by Gasteiger charge is -2.37. The number of nitrogens with two attached hydrogens (primary N) is 1. The summed E-state index contributed by atoms with van der Waals surface area (Å²) in [6.07, 6.45) is 3.25. The van der Waals surface area contributed by atoms with E-state index in [2.05, 4.69) is 37.3 Å². The number of hydrogen-bond donors (Lipinski definition) is 3. The molecule has 12 nitrogen and oxygen atoms in total. The first kappa shape index (κ1) is 35.1. The van der Waals surface area contributed by atoms with E-state index in [9.17, 15) is 18.7 Å². The van der Waals surface area contributed by atoms with Crippen LogP contribution in [-0.4, -0.2) is 82.4 Å². The van der Waals surface area contributed by atoms with Gasteiger partial charge in [0.1, 0.15) is 35.6 Å². The standard InChI is InChI=1S/C36H44F2N8O4/c1-3-34(25(2)47)46(39)35(48)42-28-5-7-29(8-6-28)43-14-16-44(17-15-43)30-9-11-31(12-10-30)49-20-26-19-36(50-21-26,22-45-24-40-23-41-45)32-13-4-27(37)18-33(32)38/h4-13,18,23-26,34,47H,3,14-17,19-22,39H2,1-2H3,(H,42,48)/t25-,26+,34-,36-/m0/s1. The van der Waals surface area contributed by atoms with Gasteiger partial charge in [-0.2, -0.15) is 5.10 Å². The van der Waals surface area contributed by atoms with Crippen LogP contribution < -0.4 is 25.7 Å². The van der Waals surface area contributed by atoms with Crippen LogP contribution in [-0.2, 0) is 16.9 Å². The van der Waals surface area contributed by atoms with Gasteiger partial charge in [-0.1, -0.05) is 13.0 Å². The molecule has 2 aliphatic heterocycles. The molecule has 0 bridgehead atoms. The van der Waals surface area contributed by atoms with Gasteiger partial charge < -0.3 is 29.7 Å². The van der Waals surface area contributed by atoms with E-state index in [0.29, 0.717) is 37.3 Å². The number of rotatable bonds is 12. The molecule has 3 aromatic carbocycles. The minimum absolute atomic E-state index is 0.0140. The second kappa shape index (κ2) is 15.4. The van der Waals surface area contributed by atoms with Crippen LogP contribution in [0.15, 0.2) is 79.4 Å². The summed E-state index contributed by atoms with van der Waals surface area (Å²) in [5.41, 5.74) is 2.07. The van der Waals surface area contributed by atoms with Crippen LogP contribution in [0.5, 0.6) is 5.75 Å². The largest absolute Gasteiger partial charge is 0.493 e. The molecule has 0 unspecified atom stereocenters. The van der Waals surface area contributed by atoms with Gasteiger partial charge in [-0.05, 0) is 74.4 Å². The van der Waals surface area contributed by atoms with Crippen LogP contribution in [0.4, 0.5) is 30.6 Å². The van der Waals surface area contributed by atoms with Gasteiger partial charge in [0, 0.05) is 60.8 Å². The predicted octanol–water partition coefficient (Wildman–Crippen LogP) is 4.76. The Morgan fingerprint density at radius 2 is 1.74 bits per heavy atom. The van der Waals surface area contributed by atoms with Crippen molar-refractivity contribution in [3.05, 3.63) is 96.6 Å². The van der Waals surface area contributed by atoms with E-state index in [1.54, 1.807) is 17.9 Å². The molecule has 4 atom stereocenters. The van der Waals surface area contributed by atoms with E-state index >= 15 is 0 Å². The normalized spacial score (nSPS) is 20.4. The number of nitrogens with one attached hydrogen (secondary N) is 1. The molecule has 266 valence electrons. The summed E-state index contributed by atoms with van der Waals surface area (Å²) in [7, 11) is 0. The summed E-state index contributed by atoms with van der Waals surface area (Å²) in [6.45, 7) is 7.82. The van der Waals surface area contributed by atoms with E-state index in [-0.39, 0.29) is 12.5 Å². The minimum Gasteiger partial charge on any atom is -0.493 e. The maximum Gasteiger partial charge on any atom is 0.336 e. The van der Waals surface area contributed by atoms with Crippen molar-refractivity contribution < 1.29 is 28.2 Å². The molecule has 2 aliphatic rings. The van der Waals surface area contributed by atoms with Crippen molar-refractivity contribution in [2.24, 2.45) is 11.8 Å². The molecule has 50 heavy (non-hydrogen) atoms. The molecule has 0 spiro atoms. The fraction of sp³-hybridized carbons (Fsp3) is 0.417. The Bertz CT molecular complexity index is 1700. The molecule has 3 heterocycles. The van der Waals surface area contributed by atoms with Crippen LogP contribution in [0, 0.1) is 17.6 Å². The second-order valence-corrected chi connectivity index (χ2v) is 13.0. The fourth-order valence-electron chi connectivity index (χ4n) is 6.84. The lowest BCUT2D eigenvalue weighted by molar-refractivity contribution is -0.0206. The van der Waals surface area contributed by atoms with Crippen molar-refractivity contribution in [2.45, 2.75) is 51.0 Å². The summed E-state index contributed by atoms with van der Waals surface area (Å²) in [6, 6.07) is 18.3. The number of nitrogens with zero attached hydrogens (tertiary/aromatic N) is 6. The van der Waals surface area contributed by atoms with Gasteiger partial charge in [0.05, 0.1) is 31.9 Å². The first-order valence-corrected chi connectivity index (χ1v) is 16.9. The fourth-order valence-corrected chi connectivity index (χ4v) is 6.84. The highest BCUT2D eigenvalue weighted by Gasteiger charge is 2.44. The van der Waals surface area contributed by atoms with E-state index in [4.69, 9.17) is 15.3 Å². The number of amides is 2. The molecule has 0 aliphatic carbocycles. The molecule has 0 radical (unpaired) electrons. The van der Waals surface area contributed by atoms with E-state index in [1.807, 2.05) is 43.3 Å². The minimum atomic E-state index is -1.02. The second-order valence-electron chi connectivity index (χ2n) is 13.0. The number of carbonyl (C=O) groups excluding carboxylic acids is 1. The molecular weight excluding hydrogens is 646 g/mol. The number of aromatic nitrogens is 3. The summed E-state index contributed by atoms with van der Waals surface area (Å²) >= 11 is 0. The number of halogens is 2. The lowest BCUT2D eigenvalue weighted by Crippen LogP contribution is -2.51. The smallest absolute Gasteiger partial charge is 0.336 e. The molecule has 14 heteroatoms. The Labute approximate surface area is 290 Å². The zero-order chi connectivity index (χ0) is 35.3. The molecule has 1 aromatic heterocycles. The highest BCUT2D eigenvalue weighted by Crippen LogP contribution is 2.42. The Balaban J connectivity index is 0.987. The van der Waals surface area contributed by atoms with E-state index in [1.165, 1.54) is 18.5 Å². The number of aliphatic hydroxyl groups is 1. The van der Waals surface area contributed by atoms with Crippen molar-refractivity contribution in [1.82, 2.24) is 19.8 Å². The number of hydrogen-bond acceptors (Lipinski definition) is 9. The highest BCUT2D eigenvalue weighted by molar-refractivity contribution is 5.89. The van der Waals surface area contributed by atoms with Gasteiger partial charge >= 0.3 is 6.03 Å². The summed E-state index contributed by atoms with van der Waals surface area (Å²) in [5.74, 6) is 5.37. The van der Waals surface area contributed by atoms with Gasteiger partial charge in [-0.3, -0.25) is 5.01 Å². The first-order valence-electron chi connectivity index (χ1n) is 16.9. The summed E-state index contributed by atoms with van der Waals surface area (Å²) in [5, 5.41) is 17.9. The molecule has 2 amide bonds. The van der Waals surface area contributed by atoms with Crippen molar-refractivity contribution in [3.63, 3.8) is 0 Å². The first-order chi connectivity index (χ1) is 24.1. The number of anilines is 3. The van der Waals surface area contributed by atoms with E-state index < -0.39 is 35.4 Å². The average molecular weight is 691 g/mol. The van der Waals surface area contributed by atoms with Gasteiger partial charge in [0.15, 0.2) is 0 Å². The Hall–Kier alpha value is -4.79. The Kier molecular flexibility index (Phi) is 10.8. The molecule has 0 saturated carbocycles. The van der Waals surface area contributed by atoms with Crippen molar-refractivity contribution in [2.75, 3.05) is 54.5 Å². The monoisotopic (exact) mass is 690 g/mol. The van der Waals surface area contributed by atoms with Gasteiger partial charge in [-0.25, -0.2) is 29.1 Å². The maximum absolute atomic E-state index is 14.9. The SMILES string of the molecule is CC[C@@H]([C@H](C)O)N(N)C(=O)Nc1ccc(N2CCN(c3ccc(OC[C@@H]4CO[C@@](Cn5cncn5)(c5ccc(F)cc5F)C4)cc3)CC2)cc1. The lowest BCUT2D eigenvalue weighted by atomic mass is 9.87. The quantitative estimate of drug-likeness (QED) is 0.109. The number of benzene rings is 3. The molecule has 4 N–H and O–H groups in total. The van der Waals surface area contributed by atoms with Crippen molar-refractivity contribution >= 4 is 23.1 Å². The third kappa shape index (κ3) is 7.98. The average Bonchev–Trinajstić information content (AvgIpc) is 3.78. The number of ether oxygens (including phenoxy) is 2. The third-order valence-corrected chi connectivity index (χ3v) is 9.54. The molecule has 2 fully saturated rings. The van der Waals surface area contributed by atoms with E-state index in [0.717, 1.165) is 54.4 Å². The van der Waals surface area contributed by atoms with Crippen molar-refractivity contribution in [3.8, 4) is 5.75 Å². The highest BCUT2D eigenvalue weighted by atomic mass is 19.1. The third-order valence-electron chi connectivity index (χ3n) is 9.54. The van der Waals surface area contributed by atoms with Crippen molar-refractivity contribution in [1.29, 1.82) is 0 Å². The molecule has 6 rings (SSSR count). The molecule has 4 aromatic rings. The zero-order valence-corrected chi connectivity index (χ0v) is 28.3. The van der Waals surface area contributed by atoms with Crippen LogP contribution in [0.2, 0.25) is 0 Å². The number of piperazine rings is 1. The van der Waals surface area contributed by atoms with Crippen LogP contribution in [0.1, 0.15) is 32.3 Å². The number of aliphatic hydroxyl groups excluding tert-OH is 1. The Morgan fingerprint density at radius 1 is 1.08 bits per heavy atom. The predicted molar refractivity (Wildman–Crippen MR) is 186 cm³/mol. The summed E-state index contributed by atoms with van der Waals surface area (Å²) in [4.78, 5) is 21.2.